The first-order valence-electron chi connectivity index (χ1n) is 7.45. The zero-order valence-corrected chi connectivity index (χ0v) is 12.8. The molecule has 0 heterocycles. The fourth-order valence-corrected chi connectivity index (χ4v) is 2.76. The Hall–Kier alpha value is -0.120. The van der Waals surface area contributed by atoms with Crippen LogP contribution in [-0.2, 0) is 4.74 Å². The second kappa shape index (κ2) is 8.13. The number of rotatable bonds is 8. The Morgan fingerprint density at radius 3 is 2.50 bits per heavy atom. The van der Waals surface area contributed by atoms with E-state index in [9.17, 15) is 0 Å². The first kappa shape index (κ1) is 15.9. The lowest BCUT2D eigenvalue weighted by atomic mass is 9.75. The van der Waals surface area contributed by atoms with Crippen LogP contribution in [0.15, 0.2) is 0 Å². The second-order valence-corrected chi connectivity index (χ2v) is 6.47. The molecule has 3 heteroatoms. The van der Waals surface area contributed by atoms with Crippen LogP contribution in [0.4, 0.5) is 0 Å². The summed E-state index contributed by atoms with van der Waals surface area (Å²) in [6.07, 6.45) is 6.75. The summed E-state index contributed by atoms with van der Waals surface area (Å²) in [7, 11) is 4.04. The second-order valence-electron chi connectivity index (χ2n) is 6.47. The maximum atomic E-state index is 5.01. The molecular weight excluding hydrogens is 224 g/mol. The summed E-state index contributed by atoms with van der Waals surface area (Å²) in [4.78, 5) is 2.56. The number of ether oxygens (including phenoxy) is 1. The molecule has 0 spiro atoms. The molecular formula is C15H32N2O. The summed E-state index contributed by atoms with van der Waals surface area (Å²) in [6, 6.07) is 0.817. The molecule has 0 radical (unpaired) electrons. The maximum Gasteiger partial charge on any atom is 0.0587 e. The largest absolute Gasteiger partial charge is 0.383 e. The van der Waals surface area contributed by atoms with Gasteiger partial charge in [-0.1, -0.05) is 13.8 Å². The Morgan fingerprint density at radius 2 is 1.89 bits per heavy atom. The molecule has 1 saturated carbocycles. The quantitative estimate of drug-likeness (QED) is 0.675. The first-order valence-corrected chi connectivity index (χ1v) is 7.45. The molecule has 108 valence electrons. The van der Waals surface area contributed by atoms with Crippen LogP contribution in [0.1, 0.15) is 46.0 Å². The third kappa shape index (κ3) is 6.17. The Morgan fingerprint density at radius 1 is 1.22 bits per heavy atom. The average molecular weight is 256 g/mol. The molecule has 18 heavy (non-hydrogen) atoms. The zero-order valence-electron chi connectivity index (χ0n) is 12.8. The predicted octanol–water partition coefficient (Wildman–Crippen LogP) is 2.51. The highest BCUT2D eigenvalue weighted by molar-refractivity contribution is 4.82. The van der Waals surface area contributed by atoms with Gasteiger partial charge in [0.15, 0.2) is 0 Å². The summed E-state index contributed by atoms with van der Waals surface area (Å²) in [5.74, 6) is 0. The zero-order chi connectivity index (χ0) is 13.4. The summed E-state index contributed by atoms with van der Waals surface area (Å²) in [5, 5.41) is 3.41. The van der Waals surface area contributed by atoms with Gasteiger partial charge in [0.1, 0.15) is 0 Å². The van der Waals surface area contributed by atoms with Gasteiger partial charge in [0.2, 0.25) is 0 Å². The van der Waals surface area contributed by atoms with Gasteiger partial charge in [0.05, 0.1) is 6.61 Å². The minimum Gasteiger partial charge on any atom is -0.383 e. The molecule has 1 aliphatic rings. The van der Waals surface area contributed by atoms with E-state index >= 15 is 0 Å². The monoisotopic (exact) mass is 256 g/mol. The van der Waals surface area contributed by atoms with Crippen molar-refractivity contribution in [3.63, 3.8) is 0 Å². The lowest BCUT2D eigenvalue weighted by Crippen LogP contribution is -2.38. The van der Waals surface area contributed by atoms with Crippen LogP contribution >= 0.6 is 0 Å². The van der Waals surface area contributed by atoms with E-state index in [-0.39, 0.29) is 0 Å². The third-order valence-corrected chi connectivity index (χ3v) is 4.28. The van der Waals surface area contributed by atoms with E-state index in [2.05, 4.69) is 31.1 Å². The lowest BCUT2D eigenvalue weighted by molar-refractivity contribution is 0.126. The van der Waals surface area contributed by atoms with Gasteiger partial charge in [-0.05, 0) is 57.7 Å². The highest BCUT2D eigenvalue weighted by Crippen LogP contribution is 2.36. The van der Waals surface area contributed by atoms with Gasteiger partial charge in [0.25, 0.3) is 0 Å². The van der Waals surface area contributed by atoms with Crippen molar-refractivity contribution in [3.8, 4) is 0 Å². The SMILES string of the molecule is COCCNCCCN(C)C1CCC(C)(C)CC1. The van der Waals surface area contributed by atoms with Gasteiger partial charge in [-0.25, -0.2) is 0 Å². The van der Waals surface area contributed by atoms with Crippen LogP contribution in [0.2, 0.25) is 0 Å². The van der Waals surface area contributed by atoms with Crippen molar-refractivity contribution in [3.05, 3.63) is 0 Å². The molecule has 1 rings (SSSR count). The summed E-state index contributed by atoms with van der Waals surface area (Å²) < 4.78 is 5.01. The molecule has 0 aromatic heterocycles. The number of hydrogen-bond donors (Lipinski definition) is 1. The normalized spacial score (nSPS) is 20.5. The van der Waals surface area contributed by atoms with Crippen LogP contribution < -0.4 is 5.32 Å². The van der Waals surface area contributed by atoms with E-state index in [0.29, 0.717) is 5.41 Å². The smallest absolute Gasteiger partial charge is 0.0587 e. The van der Waals surface area contributed by atoms with Crippen LogP contribution in [-0.4, -0.2) is 51.3 Å². The van der Waals surface area contributed by atoms with Crippen LogP contribution in [0, 0.1) is 5.41 Å². The lowest BCUT2D eigenvalue weighted by Gasteiger charge is -2.38. The Balaban J connectivity index is 2.05. The highest BCUT2D eigenvalue weighted by atomic mass is 16.5. The van der Waals surface area contributed by atoms with Gasteiger partial charge in [-0.3, -0.25) is 0 Å². The topological polar surface area (TPSA) is 24.5 Å². The number of hydrogen-bond acceptors (Lipinski definition) is 3. The average Bonchev–Trinajstić information content (AvgIpc) is 2.33. The molecule has 1 aliphatic carbocycles. The Labute approximate surface area is 113 Å². The van der Waals surface area contributed by atoms with Crippen molar-refractivity contribution >= 4 is 0 Å². The van der Waals surface area contributed by atoms with Crippen molar-refractivity contribution < 1.29 is 4.74 Å². The van der Waals surface area contributed by atoms with Crippen molar-refractivity contribution in [2.45, 2.75) is 52.0 Å². The van der Waals surface area contributed by atoms with Crippen molar-refractivity contribution in [2.24, 2.45) is 5.41 Å². The fourth-order valence-electron chi connectivity index (χ4n) is 2.76. The molecule has 3 nitrogen and oxygen atoms in total. The maximum absolute atomic E-state index is 5.01. The number of methoxy groups -OCH3 is 1. The molecule has 0 aromatic rings. The number of nitrogens with one attached hydrogen (secondary N) is 1. The molecule has 0 saturated heterocycles. The van der Waals surface area contributed by atoms with Gasteiger partial charge in [-0.2, -0.15) is 0 Å². The first-order chi connectivity index (χ1) is 8.55. The molecule has 0 unspecified atom stereocenters. The molecule has 0 aliphatic heterocycles. The molecule has 0 amide bonds. The van der Waals surface area contributed by atoms with Crippen LogP contribution in [0.25, 0.3) is 0 Å². The van der Waals surface area contributed by atoms with E-state index < -0.39 is 0 Å². The van der Waals surface area contributed by atoms with Gasteiger partial charge < -0.3 is 15.0 Å². The predicted molar refractivity (Wildman–Crippen MR) is 78.0 cm³/mol. The summed E-state index contributed by atoms with van der Waals surface area (Å²) >= 11 is 0. The van der Waals surface area contributed by atoms with Crippen LogP contribution in [0.3, 0.4) is 0 Å². The molecule has 0 atom stereocenters. The Kier molecular flexibility index (Phi) is 7.20. The third-order valence-electron chi connectivity index (χ3n) is 4.28. The molecule has 0 bridgehead atoms. The van der Waals surface area contributed by atoms with Gasteiger partial charge >= 0.3 is 0 Å². The molecule has 1 fully saturated rings. The number of nitrogens with zero attached hydrogens (tertiary/aromatic N) is 1. The minimum atomic E-state index is 0.582. The van der Waals surface area contributed by atoms with E-state index in [1.807, 2.05) is 0 Å². The molecule has 1 N–H and O–H groups in total. The van der Waals surface area contributed by atoms with E-state index in [1.54, 1.807) is 7.11 Å². The van der Waals surface area contributed by atoms with Crippen LogP contribution in [0.5, 0.6) is 0 Å². The van der Waals surface area contributed by atoms with Gasteiger partial charge in [-0.15, -0.1) is 0 Å². The van der Waals surface area contributed by atoms with E-state index in [0.717, 1.165) is 25.7 Å². The van der Waals surface area contributed by atoms with Crippen molar-refractivity contribution in [1.82, 2.24) is 10.2 Å². The standard InChI is InChI=1S/C15H32N2O/c1-15(2)8-6-14(7-9-15)17(3)12-5-10-16-11-13-18-4/h14,16H,5-13H2,1-4H3. The highest BCUT2D eigenvalue weighted by Gasteiger charge is 2.28. The summed E-state index contributed by atoms with van der Waals surface area (Å²) in [6.45, 7) is 8.91. The van der Waals surface area contributed by atoms with Gasteiger partial charge in [0, 0.05) is 19.7 Å². The fraction of sp³-hybridized carbons (Fsp3) is 1.00. The van der Waals surface area contributed by atoms with E-state index in [1.165, 1.54) is 38.6 Å². The minimum absolute atomic E-state index is 0.582. The molecule has 0 aromatic carbocycles. The van der Waals surface area contributed by atoms with Crippen molar-refractivity contribution in [1.29, 1.82) is 0 Å². The van der Waals surface area contributed by atoms with Crippen molar-refractivity contribution in [2.75, 3.05) is 40.4 Å². The van der Waals surface area contributed by atoms with E-state index in [4.69, 9.17) is 4.74 Å². The Bertz CT molecular complexity index is 209. The summed E-state index contributed by atoms with van der Waals surface area (Å²) in [5.41, 5.74) is 0.582.